The molecule has 1 aliphatic carbocycles. The summed E-state index contributed by atoms with van der Waals surface area (Å²) in [6, 6.07) is 13.7. The smallest absolute Gasteiger partial charge is 0.313 e. The van der Waals surface area contributed by atoms with Gasteiger partial charge in [-0.15, -0.1) is 0 Å². The van der Waals surface area contributed by atoms with Crippen molar-refractivity contribution in [3.05, 3.63) is 112 Å². The van der Waals surface area contributed by atoms with E-state index < -0.39 is 9.85 Å². The predicted octanol–water partition coefficient (Wildman–Crippen LogP) is 7.14. The van der Waals surface area contributed by atoms with Crippen LogP contribution in [0.1, 0.15) is 55.0 Å². The molecule has 11 nitrogen and oxygen atoms in total. The summed E-state index contributed by atoms with van der Waals surface area (Å²) in [4.78, 5) is 40.0. The summed E-state index contributed by atoms with van der Waals surface area (Å²) in [5, 5.41) is 27.6. The number of nitro groups is 2. The summed E-state index contributed by atoms with van der Waals surface area (Å²) in [6.45, 7) is -0.0928. The second-order valence-corrected chi connectivity index (χ2v) is 11.0. The zero-order chi connectivity index (χ0) is 29.1. The fraction of sp³-hybridized carbons (Fsp3) is 0.250. The average Bonchev–Trinajstić information content (AvgIpc) is 2.96. The number of halogens is 2. The maximum absolute atomic E-state index is 13.5. The second kappa shape index (κ2) is 12.1. The molecule has 0 unspecified atom stereocenters. The van der Waals surface area contributed by atoms with Crippen molar-refractivity contribution >= 4 is 56.0 Å². The number of hydrogen-bond acceptors (Lipinski definition) is 8. The molecule has 0 saturated heterocycles. The molecule has 1 aliphatic rings. The Morgan fingerprint density at radius 2 is 1.78 bits per heavy atom. The second-order valence-electron chi connectivity index (χ2n) is 9.65. The third-order valence-corrected chi connectivity index (χ3v) is 7.67. The van der Waals surface area contributed by atoms with Gasteiger partial charge in [-0.1, -0.05) is 46.8 Å². The van der Waals surface area contributed by atoms with Crippen molar-refractivity contribution in [3.63, 3.8) is 0 Å². The Hall–Kier alpha value is -4.16. The molecule has 13 heteroatoms. The van der Waals surface area contributed by atoms with E-state index >= 15 is 0 Å². The number of rotatable bonds is 8. The molecule has 3 aromatic carbocycles. The van der Waals surface area contributed by atoms with Crippen LogP contribution in [0.3, 0.4) is 0 Å². The molecule has 0 spiro atoms. The molecule has 1 aromatic heterocycles. The van der Waals surface area contributed by atoms with Gasteiger partial charge in [-0.3, -0.25) is 25.0 Å². The number of benzene rings is 3. The average molecular weight is 641 g/mol. The van der Waals surface area contributed by atoms with Gasteiger partial charge in [-0.2, -0.15) is 9.78 Å². The zero-order valence-electron chi connectivity index (χ0n) is 21.5. The SMILES string of the molecule is O=c1c2cc(Br)ccc2nc(C2CCCCC2)n1N=Cc1cc(Cl)c(OCc2ccc([N+](=O)[O-])cc2)c([N+](=O)[O-])c1. The van der Waals surface area contributed by atoms with E-state index in [1.807, 2.05) is 6.07 Å². The van der Waals surface area contributed by atoms with Crippen LogP contribution in [0.4, 0.5) is 11.4 Å². The largest absolute Gasteiger partial charge is 0.481 e. The Bertz CT molecular complexity index is 1740. The van der Waals surface area contributed by atoms with Gasteiger partial charge in [0.15, 0.2) is 0 Å². The van der Waals surface area contributed by atoms with Crippen molar-refractivity contribution in [3.8, 4) is 5.75 Å². The van der Waals surface area contributed by atoms with Crippen molar-refractivity contribution < 1.29 is 14.6 Å². The van der Waals surface area contributed by atoms with Crippen molar-refractivity contribution in [1.29, 1.82) is 0 Å². The summed E-state index contributed by atoms with van der Waals surface area (Å²) in [5.74, 6) is 0.476. The Kier molecular flexibility index (Phi) is 8.41. The molecule has 0 amide bonds. The van der Waals surface area contributed by atoms with Gasteiger partial charge < -0.3 is 4.74 Å². The van der Waals surface area contributed by atoms with Crippen LogP contribution in [0.15, 0.2) is 69.0 Å². The zero-order valence-corrected chi connectivity index (χ0v) is 23.9. The lowest BCUT2D eigenvalue weighted by Crippen LogP contribution is -2.25. The minimum absolute atomic E-state index is 0.0250. The molecule has 1 heterocycles. The van der Waals surface area contributed by atoms with Crippen molar-refractivity contribution in [2.45, 2.75) is 44.6 Å². The Labute approximate surface area is 246 Å². The third kappa shape index (κ3) is 6.28. The Morgan fingerprint density at radius 1 is 1.05 bits per heavy atom. The van der Waals surface area contributed by atoms with Gasteiger partial charge in [0.05, 0.1) is 32.0 Å². The molecule has 0 bridgehead atoms. The number of aromatic nitrogens is 2. The van der Waals surface area contributed by atoms with Crippen LogP contribution in [0.25, 0.3) is 10.9 Å². The van der Waals surface area contributed by atoms with Gasteiger partial charge in [0, 0.05) is 34.2 Å². The summed E-state index contributed by atoms with van der Waals surface area (Å²) < 4.78 is 7.67. The summed E-state index contributed by atoms with van der Waals surface area (Å²) in [6.07, 6.45) is 6.32. The van der Waals surface area contributed by atoms with Gasteiger partial charge in [-0.25, -0.2) is 4.98 Å². The summed E-state index contributed by atoms with van der Waals surface area (Å²) >= 11 is 9.81. The highest BCUT2D eigenvalue weighted by Gasteiger charge is 2.24. The van der Waals surface area contributed by atoms with E-state index in [4.69, 9.17) is 21.3 Å². The van der Waals surface area contributed by atoms with Crippen molar-refractivity contribution in [2.75, 3.05) is 0 Å². The maximum Gasteiger partial charge on any atom is 0.313 e. The van der Waals surface area contributed by atoms with Gasteiger partial charge >= 0.3 is 5.69 Å². The number of ether oxygens (including phenoxy) is 1. The van der Waals surface area contributed by atoms with E-state index in [1.54, 1.807) is 12.1 Å². The first kappa shape index (κ1) is 28.4. The first-order chi connectivity index (χ1) is 19.7. The van der Waals surface area contributed by atoms with Crippen LogP contribution >= 0.6 is 27.5 Å². The normalized spacial score (nSPS) is 14.0. The molecule has 5 rings (SSSR count). The van der Waals surface area contributed by atoms with E-state index in [2.05, 4.69) is 21.0 Å². The van der Waals surface area contributed by atoms with E-state index in [0.29, 0.717) is 27.9 Å². The van der Waals surface area contributed by atoms with E-state index in [-0.39, 0.29) is 40.2 Å². The lowest BCUT2D eigenvalue weighted by molar-refractivity contribution is -0.386. The van der Waals surface area contributed by atoms with Crippen molar-refractivity contribution in [2.24, 2.45) is 5.10 Å². The van der Waals surface area contributed by atoms with Gasteiger partial charge in [0.25, 0.3) is 11.2 Å². The molecule has 0 radical (unpaired) electrons. The topological polar surface area (TPSA) is 143 Å². The Balaban J connectivity index is 1.49. The Morgan fingerprint density at radius 3 is 2.46 bits per heavy atom. The molecule has 210 valence electrons. The van der Waals surface area contributed by atoms with Crippen LogP contribution in [0.5, 0.6) is 5.75 Å². The molecule has 4 aromatic rings. The van der Waals surface area contributed by atoms with E-state index in [9.17, 15) is 25.0 Å². The van der Waals surface area contributed by atoms with Gasteiger partial charge in [-0.05, 0) is 54.8 Å². The molecule has 1 fully saturated rings. The number of nitro benzene ring substituents is 2. The standard InChI is InChI=1S/C28H23BrClN5O6/c29-20-8-11-24-22(14-20)28(36)33(27(32-24)19-4-2-1-3-5-19)31-15-18-12-23(30)26(25(13-18)35(39)40)41-16-17-6-9-21(10-7-17)34(37)38/h6-15,19H,1-5,16H2. The molecule has 0 N–H and O–H groups in total. The first-order valence-corrected chi connectivity index (χ1v) is 14.0. The maximum atomic E-state index is 13.5. The van der Waals surface area contributed by atoms with Crippen molar-refractivity contribution in [1.82, 2.24) is 9.66 Å². The van der Waals surface area contributed by atoms with E-state index in [0.717, 1.165) is 36.6 Å². The number of hydrogen-bond donors (Lipinski definition) is 0. The van der Waals surface area contributed by atoms with E-state index in [1.165, 1.54) is 47.3 Å². The molecule has 0 aliphatic heterocycles. The quantitative estimate of drug-likeness (QED) is 0.113. The third-order valence-electron chi connectivity index (χ3n) is 6.90. The fourth-order valence-corrected chi connectivity index (χ4v) is 5.49. The van der Waals surface area contributed by atoms with Gasteiger partial charge in [0.1, 0.15) is 12.4 Å². The molecule has 1 saturated carbocycles. The van der Waals surface area contributed by atoms with Crippen LogP contribution in [-0.2, 0) is 6.61 Å². The van der Waals surface area contributed by atoms with Crippen LogP contribution in [0, 0.1) is 20.2 Å². The monoisotopic (exact) mass is 639 g/mol. The highest BCUT2D eigenvalue weighted by Crippen LogP contribution is 2.37. The number of non-ortho nitro benzene ring substituents is 1. The lowest BCUT2D eigenvalue weighted by Gasteiger charge is -2.22. The molecule has 0 atom stereocenters. The number of nitrogens with zero attached hydrogens (tertiary/aromatic N) is 5. The highest BCUT2D eigenvalue weighted by molar-refractivity contribution is 9.10. The minimum atomic E-state index is -0.622. The van der Waals surface area contributed by atoms with Crippen LogP contribution in [0.2, 0.25) is 5.02 Å². The predicted molar refractivity (Wildman–Crippen MR) is 158 cm³/mol. The molecular weight excluding hydrogens is 618 g/mol. The van der Waals surface area contributed by atoms with Crippen LogP contribution in [-0.4, -0.2) is 25.7 Å². The minimum Gasteiger partial charge on any atom is -0.481 e. The lowest BCUT2D eigenvalue weighted by atomic mass is 9.88. The fourth-order valence-electron chi connectivity index (χ4n) is 4.85. The molecular formula is C28H23BrClN5O6. The number of fused-ring (bicyclic) bond motifs is 1. The molecule has 41 heavy (non-hydrogen) atoms. The van der Waals surface area contributed by atoms with Gasteiger partial charge in [0.2, 0.25) is 5.75 Å². The first-order valence-electron chi connectivity index (χ1n) is 12.8. The summed E-state index contributed by atoms with van der Waals surface area (Å²) in [7, 11) is 0. The highest BCUT2D eigenvalue weighted by atomic mass is 79.9. The summed E-state index contributed by atoms with van der Waals surface area (Å²) in [5.41, 5.74) is 0.634. The van der Waals surface area contributed by atoms with Crippen LogP contribution < -0.4 is 10.3 Å².